The molecular formula is C24H22N4O6. The number of carbonyl (C=O) groups excluding carboxylic acids is 2. The van der Waals surface area contributed by atoms with Gasteiger partial charge in [0.1, 0.15) is 5.69 Å². The molecule has 3 aromatic carbocycles. The van der Waals surface area contributed by atoms with Gasteiger partial charge in [-0.2, -0.15) is 0 Å². The molecule has 0 saturated heterocycles. The van der Waals surface area contributed by atoms with Crippen molar-refractivity contribution >= 4 is 28.8 Å². The minimum atomic E-state index is -0.573. The molecule has 0 aliphatic carbocycles. The smallest absolute Gasteiger partial charge is 0.293 e. The second-order valence-corrected chi connectivity index (χ2v) is 7.78. The molecule has 0 bridgehead atoms. The van der Waals surface area contributed by atoms with Crippen LogP contribution in [0.25, 0.3) is 0 Å². The van der Waals surface area contributed by atoms with Gasteiger partial charge in [0, 0.05) is 43.4 Å². The lowest BCUT2D eigenvalue weighted by Crippen LogP contribution is -2.28. The fourth-order valence-corrected chi connectivity index (χ4v) is 3.49. The quantitative estimate of drug-likeness (QED) is 0.300. The van der Waals surface area contributed by atoms with E-state index in [1.54, 1.807) is 44.1 Å². The van der Waals surface area contributed by atoms with Crippen LogP contribution in [0.2, 0.25) is 0 Å². The lowest BCUT2D eigenvalue weighted by molar-refractivity contribution is -0.385. The van der Waals surface area contributed by atoms with E-state index in [1.807, 2.05) is 0 Å². The standard InChI is InChI=1S/C24H22N4O6/c1-15(16-7-6-8-18(13-16)27(31)32)25-24(30)20-10-5-4-9-19(20)23(29)17-11-12-21(26(2)3)22(14-17)28(33)34/h4-15H,1-3H3,(H,25,30). The number of ketones is 1. The van der Waals surface area contributed by atoms with Crippen LogP contribution in [0.1, 0.15) is 44.8 Å². The normalized spacial score (nSPS) is 11.4. The SMILES string of the molecule is CC(NC(=O)c1ccccc1C(=O)c1ccc(N(C)C)c([N+](=O)[O-])c1)c1cccc([N+](=O)[O-])c1. The highest BCUT2D eigenvalue weighted by Crippen LogP contribution is 2.29. The Hall–Kier alpha value is -4.60. The number of non-ortho nitro benzene ring substituents is 1. The number of nitrogens with one attached hydrogen (secondary N) is 1. The summed E-state index contributed by atoms with van der Waals surface area (Å²) in [7, 11) is 3.32. The Morgan fingerprint density at radius 3 is 2.18 bits per heavy atom. The lowest BCUT2D eigenvalue weighted by Gasteiger charge is -2.16. The van der Waals surface area contributed by atoms with Crippen molar-refractivity contribution in [1.29, 1.82) is 0 Å². The van der Waals surface area contributed by atoms with Crippen molar-refractivity contribution in [3.05, 3.63) is 109 Å². The summed E-state index contributed by atoms with van der Waals surface area (Å²) in [5.74, 6) is -1.09. The van der Waals surface area contributed by atoms with Gasteiger partial charge in [0.15, 0.2) is 5.78 Å². The number of carbonyl (C=O) groups is 2. The summed E-state index contributed by atoms with van der Waals surface area (Å²) < 4.78 is 0. The van der Waals surface area contributed by atoms with Crippen molar-refractivity contribution in [2.24, 2.45) is 0 Å². The third-order valence-electron chi connectivity index (χ3n) is 5.26. The average Bonchev–Trinajstić information content (AvgIpc) is 2.83. The van der Waals surface area contributed by atoms with Gasteiger partial charge in [-0.3, -0.25) is 29.8 Å². The predicted octanol–water partition coefficient (Wildman–Crippen LogP) is 4.29. The van der Waals surface area contributed by atoms with Gasteiger partial charge in [0.05, 0.1) is 21.5 Å². The number of benzene rings is 3. The zero-order valence-corrected chi connectivity index (χ0v) is 18.7. The van der Waals surface area contributed by atoms with Gasteiger partial charge < -0.3 is 10.2 Å². The molecule has 10 nitrogen and oxygen atoms in total. The number of rotatable bonds is 8. The molecule has 1 amide bonds. The summed E-state index contributed by atoms with van der Waals surface area (Å²) in [4.78, 5) is 49.2. The summed E-state index contributed by atoms with van der Waals surface area (Å²) in [6.07, 6.45) is 0. The molecule has 0 aliphatic heterocycles. The molecule has 1 unspecified atom stereocenters. The van der Waals surface area contributed by atoms with Crippen LogP contribution < -0.4 is 10.2 Å². The highest BCUT2D eigenvalue weighted by molar-refractivity contribution is 6.15. The molecule has 0 radical (unpaired) electrons. The molecule has 0 aliphatic rings. The highest BCUT2D eigenvalue weighted by atomic mass is 16.6. The molecule has 0 fully saturated rings. The third-order valence-corrected chi connectivity index (χ3v) is 5.26. The van der Waals surface area contributed by atoms with E-state index in [2.05, 4.69) is 5.32 Å². The van der Waals surface area contributed by atoms with Crippen LogP contribution in [-0.4, -0.2) is 35.6 Å². The molecular weight excluding hydrogens is 440 g/mol. The number of nitro benzene ring substituents is 2. The Labute approximate surface area is 195 Å². The molecule has 3 aromatic rings. The molecule has 1 N–H and O–H groups in total. The summed E-state index contributed by atoms with van der Waals surface area (Å²) in [6.45, 7) is 1.67. The Morgan fingerprint density at radius 2 is 1.56 bits per heavy atom. The van der Waals surface area contributed by atoms with E-state index in [0.717, 1.165) is 0 Å². The number of amides is 1. The number of nitro groups is 2. The molecule has 34 heavy (non-hydrogen) atoms. The van der Waals surface area contributed by atoms with E-state index < -0.39 is 27.6 Å². The minimum Gasteiger partial charge on any atom is -0.372 e. The topological polar surface area (TPSA) is 136 Å². The maximum Gasteiger partial charge on any atom is 0.293 e. The molecule has 0 heterocycles. The molecule has 0 spiro atoms. The van der Waals surface area contributed by atoms with Crippen molar-refractivity contribution in [2.45, 2.75) is 13.0 Å². The van der Waals surface area contributed by atoms with Gasteiger partial charge in [-0.1, -0.05) is 30.3 Å². The number of nitrogens with zero attached hydrogens (tertiary/aromatic N) is 3. The van der Waals surface area contributed by atoms with Crippen molar-refractivity contribution in [3.8, 4) is 0 Å². The largest absolute Gasteiger partial charge is 0.372 e. The highest BCUT2D eigenvalue weighted by Gasteiger charge is 2.23. The molecule has 3 rings (SSSR count). The van der Waals surface area contributed by atoms with Crippen LogP contribution in [0.3, 0.4) is 0 Å². The van der Waals surface area contributed by atoms with Gasteiger partial charge >= 0.3 is 0 Å². The summed E-state index contributed by atoms with van der Waals surface area (Å²) >= 11 is 0. The average molecular weight is 462 g/mol. The maximum absolute atomic E-state index is 13.2. The molecule has 0 saturated carbocycles. The summed E-state index contributed by atoms with van der Waals surface area (Å²) in [6, 6.07) is 15.6. The second kappa shape index (κ2) is 9.90. The minimum absolute atomic E-state index is 0.0734. The zero-order valence-electron chi connectivity index (χ0n) is 18.7. The van der Waals surface area contributed by atoms with Crippen molar-refractivity contribution < 1.29 is 19.4 Å². The lowest BCUT2D eigenvalue weighted by atomic mass is 9.96. The van der Waals surface area contributed by atoms with E-state index in [9.17, 15) is 29.8 Å². The summed E-state index contributed by atoms with van der Waals surface area (Å²) in [5, 5.41) is 25.3. The Bertz CT molecular complexity index is 1290. The van der Waals surface area contributed by atoms with Crippen LogP contribution in [0.5, 0.6) is 0 Å². The number of hydrogen-bond donors (Lipinski definition) is 1. The Kier molecular flexibility index (Phi) is 7.01. The summed E-state index contributed by atoms with van der Waals surface area (Å²) in [5.41, 5.74) is 0.792. The van der Waals surface area contributed by atoms with E-state index in [0.29, 0.717) is 11.3 Å². The van der Waals surface area contributed by atoms with Gasteiger partial charge in [0.25, 0.3) is 17.3 Å². The van der Waals surface area contributed by atoms with Gasteiger partial charge in [0.2, 0.25) is 0 Å². The van der Waals surface area contributed by atoms with Crippen LogP contribution >= 0.6 is 0 Å². The van der Waals surface area contributed by atoms with E-state index in [-0.39, 0.29) is 28.1 Å². The first-order chi connectivity index (χ1) is 16.1. The molecule has 174 valence electrons. The van der Waals surface area contributed by atoms with Crippen LogP contribution in [-0.2, 0) is 0 Å². The van der Waals surface area contributed by atoms with Crippen LogP contribution in [0.4, 0.5) is 17.1 Å². The van der Waals surface area contributed by atoms with Crippen LogP contribution in [0, 0.1) is 20.2 Å². The van der Waals surface area contributed by atoms with Gasteiger partial charge in [-0.05, 0) is 30.7 Å². The fraction of sp³-hybridized carbons (Fsp3) is 0.167. The molecule has 1 atom stereocenters. The van der Waals surface area contributed by atoms with E-state index >= 15 is 0 Å². The Balaban J connectivity index is 1.91. The van der Waals surface area contributed by atoms with Crippen molar-refractivity contribution in [2.75, 3.05) is 19.0 Å². The van der Waals surface area contributed by atoms with E-state index in [4.69, 9.17) is 0 Å². The van der Waals surface area contributed by atoms with Gasteiger partial charge in [-0.25, -0.2) is 0 Å². The predicted molar refractivity (Wildman–Crippen MR) is 126 cm³/mol. The first-order valence-corrected chi connectivity index (χ1v) is 10.2. The van der Waals surface area contributed by atoms with E-state index in [1.165, 1.54) is 48.5 Å². The first kappa shape index (κ1) is 24.1. The maximum atomic E-state index is 13.2. The number of anilines is 1. The molecule has 10 heteroatoms. The number of hydrogen-bond acceptors (Lipinski definition) is 7. The first-order valence-electron chi connectivity index (χ1n) is 10.2. The third kappa shape index (κ3) is 5.07. The van der Waals surface area contributed by atoms with Crippen molar-refractivity contribution in [1.82, 2.24) is 5.32 Å². The van der Waals surface area contributed by atoms with Gasteiger partial charge in [-0.15, -0.1) is 0 Å². The van der Waals surface area contributed by atoms with Crippen molar-refractivity contribution in [3.63, 3.8) is 0 Å². The van der Waals surface area contributed by atoms with Crippen LogP contribution in [0.15, 0.2) is 66.7 Å². The zero-order chi connectivity index (χ0) is 25.0. The second-order valence-electron chi connectivity index (χ2n) is 7.78. The monoisotopic (exact) mass is 462 g/mol. The Morgan fingerprint density at radius 1 is 0.882 bits per heavy atom. The fourth-order valence-electron chi connectivity index (χ4n) is 3.49. The molecule has 0 aromatic heterocycles.